The zero-order chi connectivity index (χ0) is 18.1. The molecule has 136 valence electrons. The van der Waals surface area contributed by atoms with Crippen molar-refractivity contribution in [3.05, 3.63) is 34.6 Å². The van der Waals surface area contributed by atoms with Crippen molar-refractivity contribution >= 4 is 23.4 Å². The molecule has 1 aromatic rings. The van der Waals surface area contributed by atoms with Gasteiger partial charge in [-0.15, -0.1) is 0 Å². The Kier molecular flexibility index (Phi) is 5.29. The molecule has 0 spiro atoms. The predicted octanol–water partition coefficient (Wildman–Crippen LogP) is 1.99. The molecule has 25 heavy (non-hydrogen) atoms. The second-order valence-electron chi connectivity index (χ2n) is 7.12. The minimum Gasteiger partial charge on any atom is -0.347 e. The van der Waals surface area contributed by atoms with Gasteiger partial charge in [-0.05, 0) is 30.5 Å². The smallest absolute Gasteiger partial charge is 0.241 e. The molecule has 3 saturated heterocycles. The van der Waals surface area contributed by atoms with Gasteiger partial charge in [0.2, 0.25) is 11.8 Å². The molecule has 0 radical (unpaired) electrons. The van der Waals surface area contributed by atoms with Crippen molar-refractivity contribution in [2.24, 2.45) is 5.92 Å². The van der Waals surface area contributed by atoms with Crippen molar-refractivity contribution in [3.8, 4) is 0 Å². The molecule has 3 aliphatic heterocycles. The maximum atomic E-state index is 13.7. The molecular formula is C18H23ClFN3O2. The molecule has 0 unspecified atom stereocenters. The number of hydrogen-bond donors (Lipinski definition) is 0. The molecule has 0 aromatic heterocycles. The minimum absolute atomic E-state index is 0.0345. The summed E-state index contributed by atoms with van der Waals surface area (Å²) in [7, 11) is 3.40. The second-order valence-corrected chi connectivity index (χ2v) is 7.53. The average Bonchev–Trinajstić information content (AvgIpc) is 2.82. The summed E-state index contributed by atoms with van der Waals surface area (Å²) >= 11 is 5.74. The van der Waals surface area contributed by atoms with Crippen molar-refractivity contribution in [2.75, 3.05) is 33.7 Å². The third kappa shape index (κ3) is 3.96. The lowest BCUT2D eigenvalue weighted by Gasteiger charge is -2.36. The largest absolute Gasteiger partial charge is 0.347 e. The SMILES string of the molecule is CN(C)C(=O)CN1C(=O)[C@H]2CC[C@@H]1CN(Cc1ccc(Cl)c(F)c1)C2. The third-order valence-electron chi connectivity index (χ3n) is 5.06. The first-order valence-corrected chi connectivity index (χ1v) is 8.90. The van der Waals surface area contributed by atoms with Crippen molar-refractivity contribution in [1.29, 1.82) is 0 Å². The Morgan fingerprint density at radius 3 is 2.76 bits per heavy atom. The van der Waals surface area contributed by atoms with Gasteiger partial charge in [0.15, 0.2) is 0 Å². The fourth-order valence-corrected chi connectivity index (χ4v) is 3.77. The molecule has 4 rings (SSSR count). The normalized spacial score (nSPS) is 23.7. The van der Waals surface area contributed by atoms with E-state index >= 15 is 0 Å². The van der Waals surface area contributed by atoms with Gasteiger partial charge in [-0.2, -0.15) is 0 Å². The van der Waals surface area contributed by atoms with Crippen LogP contribution in [0.2, 0.25) is 5.02 Å². The summed E-state index contributed by atoms with van der Waals surface area (Å²) < 4.78 is 13.7. The lowest BCUT2D eigenvalue weighted by molar-refractivity contribution is -0.145. The van der Waals surface area contributed by atoms with Crippen LogP contribution in [0, 0.1) is 11.7 Å². The summed E-state index contributed by atoms with van der Waals surface area (Å²) in [6.07, 6.45) is 1.75. The van der Waals surface area contributed by atoms with Gasteiger partial charge in [0, 0.05) is 39.8 Å². The number of carbonyl (C=O) groups is 2. The first-order valence-electron chi connectivity index (χ1n) is 8.52. The summed E-state index contributed by atoms with van der Waals surface area (Å²) in [5, 5.41) is 0.114. The van der Waals surface area contributed by atoms with Crippen LogP contribution in [0.3, 0.4) is 0 Å². The molecule has 0 N–H and O–H groups in total. The van der Waals surface area contributed by atoms with E-state index in [0.717, 1.165) is 18.4 Å². The van der Waals surface area contributed by atoms with Gasteiger partial charge in [-0.3, -0.25) is 14.5 Å². The zero-order valence-electron chi connectivity index (χ0n) is 14.5. The molecule has 0 aliphatic carbocycles. The number of piperidine rings is 1. The first-order chi connectivity index (χ1) is 11.8. The number of halogens is 2. The average molecular weight is 368 g/mol. The summed E-state index contributed by atoms with van der Waals surface area (Å²) in [4.78, 5) is 30.2. The second kappa shape index (κ2) is 7.30. The fourth-order valence-electron chi connectivity index (χ4n) is 3.65. The van der Waals surface area contributed by atoms with E-state index in [1.807, 2.05) is 6.07 Å². The Balaban J connectivity index is 1.73. The van der Waals surface area contributed by atoms with Crippen LogP contribution in [0.15, 0.2) is 18.2 Å². The Morgan fingerprint density at radius 1 is 1.32 bits per heavy atom. The number of carbonyl (C=O) groups excluding carboxylic acids is 2. The molecule has 3 fully saturated rings. The highest BCUT2D eigenvalue weighted by Crippen LogP contribution is 2.30. The fraction of sp³-hybridized carbons (Fsp3) is 0.556. The van der Waals surface area contributed by atoms with Gasteiger partial charge >= 0.3 is 0 Å². The monoisotopic (exact) mass is 367 g/mol. The molecular weight excluding hydrogens is 345 g/mol. The maximum Gasteiger partial charge on any atom is 0.241 e. The van der Waals surface area contributed by atoms with E-state index in [4.69, 9.17) is 11.6 Å². The number of fused-ring (bicyclic) bond motifs is 4. The third-order valence-corrected chi connectivity index (χ3v) is 5.37. The van der Waals surface area contributed by atoms with E-state index in [1.165, 1.54) is 11.0 Å². The summed E-state index contributed by atoms with van der Waals surface area (Å²) in [6.45, 7) is 2.06. The van der Waals surface area contributed by atoms with Gasteiger partial charge in [0.25, 0.3) is 0 Å². The number of rotatable bonds is 4. The van der Waals surface area contributed by atoms with Gasteiger partial charge in [0.05, 0.1) is 10.9 Å². The van der Waals surface area contributed by atoms with Crippen LogP contribution >= 0.6 is 11.6 Å². The Labute approximate surface area is 152 Å². The molecule has 7 heteroatoms. The molecule has 2 amide bonds. The quantitative estimate of drug-likeness (QED) is 0.817. The Hall–Kier alpha value is -1.66. The molecule has 3 heterocycles. The molecule has 2 bridgehead atoms. The standard InChI is InChI=1S/C18H23ClFN3O2/c1-21(2)17(24)11-23-14-5-4-13(18(23)25)9-22(10-14)8-12-3-6-15(19)16(20)7-12/h3,6-7,13-14H,4-5,8-11H2,1-2H3/t13-,14+/m0/s1. The predicted molar refractivity (Wildman–Crippen MR) is 93.6 cm³/mol. The topological polar surface area (TPSA) is 43.9 Å². The Bertz CT molecular complexity index is 682. The summed E-state index contributed by atoms with van der Waals surface area (Å²) in [5.74, 6) is -0.513. The van der Waals surface area contributed by atoms with Gasteiger partial charge in [0.1, 0.15) is 12.4 Å². The first kappa shape index (κ1) is 18.1. The highest BCUT2D eigenvalue weighted by atomic mass is 35.5. The van der Waals surface area contributed by atoms with Crippen LogP contribution in [-0.2, 0) is 16.1 Å². The minimum atomic E-state index is -0.425. The summed E-state index contributed by atoms with van der Waals surface area (Å²) in [5.41, 5.74) is 0.839. The Morgan fingerprint density at radius 2 is 2.08 bits per heavy atom. The van der Waals surface area contributed by atoms with Gasteiger partial charge in [-0.25, -0.2) is 4.39 Å². The molecule has 1 aromatic carbocycles. The van der Waals surface area contributed by atoms with E-state index in [-0.39, 0.29) is 35.3 Å². The van der Waals surface area contributed by atoms with Crippen molar-refractivity contribution in [3.63, 3.8) is 0 Å². The number of amides is 2. The van der Waals surface area contributed by atoms with Crippen LogP contribution in [0.25, 0.3) is 0 Å². The van der Waals surface area contributed by atoms with Crippen molar-refractivity contribution in [1.82, 2.24) is 14.7 Å². The van der Waals surface area contributed by atoms with E-state index < -0.39 is 5.82 Å². The van der Waals surface area contributed by atoms with Crippen LogP contribution in [0.4, 0.5) is 4.39 Å². The van der Waals surface area contributed by atoms with Gasteiger partial charge < -0.3 is 9.80 Å². The van der Waals surface area contributed by atoms with Gasteiger partial charge in [-0.1, -0.05) is 17.7 Å². The molecule has 3 aliphatic rings. The molecule has 0 saturated carbocycles. The lowest BCUT2D eigenvalue weighted by Crippen LogP contribution is -2.51. The van der Waals surface area contributed by atoms with Crippen LogP contribution in [0.1, 0.15) is 18.4 Å². The number of hydrogen-bond acceptors (Lipinski definition) is 3. The van der Waals surface area contributed by atoms with E-state index in [9.17, 15) is 14.0 Å². The van der Waals surface area contributed by atoms with Crippen LogP contribution < -0.4 is 0 Å². The summed E-state index contributed by atoms with van der Waals surface area (Å²) in [6, 6.07) is 4.86. The van der Waals surface area contributed by atoms with E-state index in [1.54, 1.807) is 25.1 Å². The van der Waals surface area contributed by atoms with Crippen molar-refractivity contribution < 1.29 is 14.0 Å². The van der Waals surface area contributed by atoms with E-state index in [2.05, 4.69) is 4.90 Å². The van der Waals surface area contributed by atoms with Crippen LogP contribution in [0.5, 0.6) is 0 Å². The van der Waals surface area contributed by atoms with E-state index in [0.29, 0.717) is 19.6 Å². The number of nitrogens with zero attached hydrogens (tertiary/aromatic N) is 3. The van der Waals surface area contributed by atoms with Crippen LogP contribution in [-0.4, -0.2) is 66.3 Å². The number of likely N-dealkylation sites (N-methyl/N-ethyl adjacent to an activating group) is 1. The zero-order valence-corrected chi connectivity index (χ0v) is 15.3. The molecule has 5 nitrogen and oxygen atoms in total. The molecule has 2 atom stereocenters. The lowest BCUT2D eigenvalue weighted by atomic mass is 9.94. The highest BCUT2D eigenvalue weighted by molar-refractivity contribution is 6.30. The highest BCUT2D eigenvalue weighted by Gasteiger charge is 2.41. The maximum absolute atomic E-state index is 13.7. The number of benzene rings is 1. The van der Waals surface area contributed by atoms with Crippen molar-refractivity contribution in [2.45, 2.75) is 25.4 Å².